The number of hydrogen-bond donors (Lipinski definition) is 1. The minimum atomic E-state index is -1.50. The Morgan fingerprint density at radius 3 is 1.30 bits per heavy atom. The van der Waals surface area contributed by atoms with Gasteiger partial charge in [-0.05, 0) is 132 Å². The molecule has 0 spiro atoms. The number of alkyl halides is 1. The third-order valence-corrected chi connectivity index (χ3v) is 13.5. The van der Waals surface area contributed by atoms with E-state index >= 15 is 0 Å². The van der Waals surface area contributed by atoms with Gasteiger partial charge in [0, 0.05) is 49.1 Å². The number of ether oxygens (including phenoxy) is 10. The predicted molar refractivity (Wildman–Crippen MR) is 293 cm³/mol. The molecule has 0 unspecified atom stereocenters. The summed E-state index contributed by atoms with van der Waals surface area (Å²) >= 11 is 2.25. The fraction of sp³-hybridized carbons (Fsp3) is 0.286. The van der Waals surface area contributed by atoms with Crippen molar-refractivity contribution in [3.05, 3.63) is 182 Å². The molecule has 1 N–H and O–H groups in total. The maximum Gasteiger partial charge on any atom is 0.338 e. The van der Waals surface area contributed by atoms with Crippen LogP contribution in [0.3, 0.4) is 0 Å². The van der Waals surface area contributed by atoms with Gasteiger partial charge in [0.2, 0.25) is 22.4 Å². The summed E-state index contributed by atoms with van der Waals surface area (Å²) in [5.41, 5.74) is 6.96. The van der Waals surface area contributed by atoms with E-state index in [0.29, 0.717) is 99.1 Å². The Hall–Kier alpha value is -8.13. The van der Waals surface area contributed by atoms with Crippen LogP contribution in [0.2, 0.25) is 0 Å². The van der Waals surface area contributed by atoms with E-state index in [9.17, 15) is 29.3 Å². The molecule has 2 aliphatic carbocycles. The molecule has 6 aromatic rings. The molecule has 80 heavy (non-hydrogen) atoms. The fourth-order valence-corrected chi connectivity index (χ4v) is 9.67. The summed E-state index contributed by atoms with van der Waals surface area (Å²) in [6.07, 6.45) is 0.341. The SMILES string of the molecule is COc1cc2c(c(OC)c1OC)-c1ccc(OC)c(=O)cc1[C@@H](OC(=O)c1cccc(CI)c1)CC2.COc1cc2c(c(OC)c1OC)-c1ccc(OC)c(=O)cc1[C@@H](OC(=O)c1cccc(CO[N+](=O)[O-])c1)CC2.O=[N+]([O-])O.[Ag]. The molecule has 0 amide bonds. The smallest absolute Gasteiger partial charge is 0.338 e. The number of halogens is 1. The zero-order valence-corrected chi connectivity index (χ0v) is 48.1. The molecule has 0 fully saturated rings. The quantitative estimate of drug-likeness (QED) is 0.0236. The van der Waals surface area contributed by atoms with Gasteiger partial charge in [-0.2, -0.15) is 0 Å². The largest absolute Gasteiger partial charge is 0.493 e. The van der Waals surface area contributed by atoms with Crippen molar-refractivity contribution in [3.63, 3.8) is 0 Å². The van der Waals surface area contributed by atoms with Crippen LogP contribution in [-0.4, -0.2) is 84.2 Å². The van der Waals surface area contributed by atoms with Crippen LogP contribution in [0.4, 0.5) is 0 Å². The number of benzene rings is 4. The van der Waals surface area contributed by atoms with Gasteiger partial charge in [0.15, 0.2) is 34.5 Å². The molecule has 0 saturated heterocycles. The summed E-state index contributed by atoms with van der Waals surface area (Å²) in [7, 11) is 12.1. The molecule has 0 bridgehead atoms. The Morgan fingerprint density at radius 2 is 0.938 bits per heavy atom. The van der Waals surface area contributed by atoms with E-state index in [1.165, 1.54) is 59.8 Å². The number of hydrogen-bond acceptors (Lipinski definition) is 19. The second kappa shape index (κ2) is 29.2. The molecular formula is C56H55AgIN2O20. The van der Waals surface area contributed by atoms with E-state index in [1.54, 1.807) is 63.8 Å². The number of methoxy groups -OCH3 is 8. The molecule has 1 radical (unpaired) electrons. The van der Waals surface area contributed by atoms with Crippen molar-refractivity contribution in [1.29, 1.82) is 0 Å². The van der Waals surface area contributed by atoms with Gasteiger partial charge in [0.25, 0.3) is 10.2 Å². The van der Waals surface area contributed by atoms with Crippen LogP contribution in [-0.2, 0) is 60.6 Å². The van der Waals surface area contributed by atoms with Gasteiger partial charge < -0.3 is 57.4 Å². The van der Waals surface area contributed by atoms with Crippen LogP contribution < -0.4 is 48.8 Å². The maximum atomic E-state index is 13.2. The number of rotatable bonds is 16. The fourth-order valence-electron chi connectivity index (χ4n) is 9.20. The number of nitrogens with zero attached hydrogens (tertiary/aromatic N) is 2. The Kier molecular flexibility index (Phi) is 22.9. The van der Waals surface area contributed by atoms with Crippen molar-refractivity contribution in [2.45, 2.75) is 48.9 Å². The average Bonchev–Trinajstić information content (AvgIpc) is 3.86. The van der Waals surface area contributed by atoms with Crippen molar-refractivity contribution in [3.8, 4) is 68.2 Å². The van der Waals surface area contributed by atoms with Crippen LogP contribution in [0.25, 0.3) is 22.3 Å². The van der Waals surface area contributed by atoms with Crippen LogP contribution in [0.15, 0.2) is 107 Å². The van der Waals surface area contributed by atoms with Crippen molar-refractivity contribution in [2.75, 3.05) is 56.9 Å². The summed E-state index contributed by atoms with van der Waals surface area (Å²) < 4.78 is 57.2. The molecule has 427 valence electrons. The molecule has 6 aromatic carbocycles. The van der Waals surface area contributed by atoms with Gasteiger partial charge in [-0.25, -0.2) is 9.59 Å². The second-order valence-corrected chi connectivity index (χ2v) is 17.8. The number of fused-ring (bicyclic) bond motifs is 6. The van der Waals surface area contributed by atoms with Crippen molar-refractivity contribution in [2.24, 2.45) is 0 Å². The monoisotopic (exact) mass is 1310 g/mol. The Labute approximate surface area is 487 Å². The van der Waals surface area contributed by atoms with Crippen LogP contribution in [0.1, 0.15) is 79.1 Å². The Balaban J connectivity index is 0.000000273. The molecule has 24 heteroatoms. The van der Waals surface area contributed by atoms with Gasteiger partial charge in [-0.15, -0.1) is 20.2 Å². The first-order valence-corrected chi connectivity index (χ1v) is 25.4. The van der Waals surface area contributed by atoms with Crippen LogP contribution in [0.5, 0.6) is 46.0 Å². The summed E-state index contributed by atoms with van der Waals surface area (Å²) in [6, 6.07) is 26.9. The van der Waals surface area contributed by atoms with Crippen molar-refractivity contribution in [1.82, 2.24) is 0 Å². The molecular weight excluding hydrogens is 1260 g/mol. The van der Waals surface area contributed by atoms with Crippen LogP contribution >= 0.6 is 22.6 Å². The van der Waals surface area contributed by atoms with E-state index in [2.05, 4.69) is 27.4 Å². The summed E-state index contributed by atoms with van der Waals surface area (Å²) in [4.78, 5) is 75.7. The number of aryl methyl sites for hydroxylation is 2. The van der Waals surface area contributed by atoms with Gasteiger partial charge in [-0.1, -0.05) is 46.9 Å². The number of carbonyl (C=O) groups is 2. The van der Waals surface area contributed by atoms with Gasteiger partial charge >= 0.3 is 11.9 Å². The zero-order valence-electron chi connectivity index (χ0n) is 44.4. The van der Waals surface area contributed by atoms with Crippen LogP contribution in [0, 0.1) is 20.2 Å². The molecule has 0 aromatic heterocycles. The van der Waals surface area contributed by atoms with Crippen molar-refractivity contribution >= 4 is 34.5 Å². The van der Waals surface area contributed by atoms with Gasteiger partial charge in [0.1, 0.15) is 18.8 Å². The minimum Gasteiger partial charge on any atom is -0.493 e. The average molecular weight is 1310 g/mol. The van der Waals surface area contributed by atoms with Gasteiger partial charge in [0.05, 0.1) is 68.0 Å². The Bertz CT molecular complexity index is 3380. The minimum absolute atomic E-state index is 0. The first-order chi connectivity index (χ1) is 38.0. The van der Waals surface area contributed by atoms with E-state index < -0.39 is 34.3 Å². The summed E-state index contributed by atoms with van der Waals surface area (Å²) in [6.45, 7) is -0.311. The normalized spacial score (nSPS) is 13.3. The van der Waals surface area contributed by atoms with E-state index in [4.69, 9.17) is 62.7 Å². The topological polar surface area (TPSA) is 276 Å². The molecule has 0 aliphatic heterocycles. The van der Waals surface area contributed by atoms with E-state index in [1.807, 2.05) is 30.3 Å². The van der Waals surface area contributed by atoms with Crippen molar-refractivity contribution < 1.29 is 99.6 Å². The molecule has 2 aliphatic rings. The predicted octanol–water partition coefficient (Wildman–Crippen LogP) is 9.48. The van der Waals surface area contributed by atoms with E-state index in [0.717, 1.165) is 26.7 Å². The summed E-state index contributed by atoms with van der Waals surface area (Å²) in [5.74, 6) is 1.92. The second-order valence-electron chi connectivity index (χ2n) is 17.1. The molecule has 22 nitrogen and oxygen atoms in total. The molecule has 0 saturated carbocycles. The molecule has 0 heterocycles. The molecule has 8 rings (SSSR count). The third kappa shape index (κ3) is 14.6. The summed E-state index contributed by atoms with van der Waals surface area (Å²) in [5, 5.41) is 23.3. The van der Waals surface area contributed by atoms with E-state index in [-0.39, 0.29) is 56.9 Å². The standard InChI is InChI=1S/C28H27IO7.C28H27NO10.Ag.HNO3/c1-32-23-11-9-19-20(14-21(23)30)22(36-28(31)18-7-5-6-16(12-18)15-29)10-8-17-13-24(33-2)26(34-3)27(35-4)25(17)19;1-34-23-11-9-19-20(14-21(23)30)22(39-28(31)18-7-5-6-16(12-18)15-38-29(32)33)10-8-17-13-24(35-2)26(36-3)27(37-4)25(17)19;;2-1(3)4/h5-7,9,11-14,22H,8,10,15H2,1-4H3;5-7,9,11-14,22H,8,10,15H2,1-4H3;;(H,2,3,4)/t2*22-;;/m00../s1. The first kappa shape index (κ1) is 62.7. The number of esters is 2. The van der Waals surface area contributed by atoms with Gasteiger partial charge in [-0.3, -0.25) is 9.59 Å². The third-order valence-electron chi connectivity index (χ3n) is 12.6. The Morgan fingerprint density at radius 1 is 0.550 bits per heavy atom. The molecule has 2 atom stereocenters. The first-order valence-electron chi connectivity index (χ1n) is 23.8. The zero-order chi connectivity index (χ0) is 57.5. The number of carbonyl (C=O) groups excluding carboxylic acids is 2. The maximum absolute atomic E-state index is 13.2.